The summed E-state index contributed by atoms with van der Waals surface area (Å²) in [6.45, 7) is 0.740. The third-order valence-corrected chi connectivity index (χ3v) is 4.47. The maximum Gasteiger partial charge on any atom is 0.137 e. The molecule has 5 aromatic rings. The summed E-state index contributed by atoms with van der Waals surface area (Å²) < 4.78 is 1.94. The first-order chi connectivity index (χ1) is 12.4. The van der Waals surface area contributed by atoms with Crippen LogP contribution in [0.4, 0.5) is 0 Å². The highest BCUT2D eigenvalue weighted by molar-refractivity contribution is 5.92. The summed E-state index contributed by atoms with van der Waals surface area (Å²) in [5.41, 5.74) is 5.06. The fourth-order valence-electron chi connectivity index (χ4n) is 3.25. The Morgan fingerprint density at radius 1 is 0.920 bits per heavy atom. The van der Waals surface area contributed by atoms with Crippen molar-refractivity contribution in [3.05, 3.63) is 60.8 Å². The summed E-state index contributed by atoms with van der Waals surface area (Å²) in [6, 6.07) is 8.03. The SMILES string of the molecule is c1cnc2[nH]cc(CCn3nncc3-c3c[nH]c4ncccc34)c2c1. The monoisotopic (exact) mass is 329 g/mol. The standard InChI is InChI=1S/C18H15N7/c1-3-13-12(9-21-17(13)19-6-1)5-8-25-16(11-23-24-25)15-10-22-18-14(15)4-2-7-20-18/h1-4,6-7,9-11H,5,8H2,(H,19,21)(H,20,22). The van der Waals surface area contributed by atoms with Crippen molar-refractivity contribution in [2.45, 2.75) is 13.0 Å². The van der Waals surface area contributed by atoms with E-state index in [9.17, 15) is 0 Å². The van der Waals surface area contributed by atoms with Crippen LogP contribution in [0.3, 0.4) is 0 Å². The van der Waals surface area contributed by atoms with Gasteiger partial charge in [0, 0.05) is 47.7 Å². The van der Waals surface area contributed by atoms with Crippen LogP contribution in [-0.4, -0.2) is 34.9 Å². The Morgan fingerprint density at radius 2 is 1.68 bits per heavy atom. The maximum atomic E-state index is 4.35. The van der Waals surface area contributed by atoms with E-state index in [1.165, 1.54) is 5.56 Å². The molecule has 5 aromatic heterocycles. The lowest BCUT2D eigenvalue weighted by Gasteiger charge is -2.05. The van der Waals surface area contributed by atoms with Crippen LogP contribution in [0.2, 0.25) is 0 Å². The second kappa shape index (κ2) is 5.55. The number of pyridine rings is 2. The predicted molar refractivity (Wildman–Crippen MR) is 94.9 cm³/mol. The van der Waals surface area contributed by atoms with Crippen molar-refractivity contribution in [3.63, 3.8) is 0 Å². The van der Waals surface area contributed by atoms with Crippen molar-refractivity contribution in [3.8, 4) is 11.3 Å². The van der Waals surface area contributed by atoms with Crippen LogP contribution in [0.25, 0.3) is 33.3 Å². The van der Waals surface area contributed by atoms with Crippen LogP contribution in [0.5, 0.6) is 0 Å². The number of hydrogen-bond acceptors (Lipinski definition) is 4. The number of fused-ring (bicyclic) bond motifs is 2. The van der Waals surface area contributed by atoms with Crippen LogP contribution in [-0.2, 0) is 13.0 Å². The molecule has 0 aliphatic rings. The zero-order chi connectivity index (χ0) is 16.6. The molecule has 25 heavy (non-hydrogen) atoms. The molecule has 7 heteroatoms. The van der Waals surface area contributed by atoms with Gasteiger partial charge >= 0.3 is 0 Å². The topological polar surface area (TPSA) is 88.1 Å². The van der Waals surface area contributed by atoms with Crippen LogP contribution in [0.1, 0.15) is 5.56 Å². The Balaban J connectivity index is 1.47. The smallest absolute Gasteiger partial charge is 0.137 e. The number of nitrogens with one attached hydrogen (secondary N) is 2. The number of aromatic nitrogens is 7. The number of hydrogen-bond donors (Lipinski definition) is 2. The Morgan fingerprint density at radius 3 is 2.56 bits per heavy atom. The zero-order valence-electron chi connectivity index (χ0n) is 13.3. The number of aryl methyl sites for hydroxylation is 2. The summed E-state index contributed by atoms with van der Waals surface area (Å²) in [6.07, 6.45) is 10.2. The number of rotatable bonds is 4. The second-order valence-corrected chi connectivity index (χ2v) is 5.91. The normalized spacial score (nSPS) is 11.5. The van der Waals surface area contributed by atoms with E-state index >= 15 is 0 Å². The molecule has 0 aliphatic carbocycles. The van der Waals surface area contributed by atoms with Crippen molar-refractivity contribution >= 4 is 22.1 Å². The van der Waals surface area contributed by atoms with Gasteiger partial charge in [0.1, 0.15) is 11.3 Å². The average molecular weight is 329 g/mol. The van der Waals surface area contributed by atoms with Crippen LogP contribution in [0.15, 0.2) is 55.2 Å². The minimum atomic E-state index is 0.740. The van der Waals surface area contributed by atoms with Gasteiger partial charge in [0.15, 0.2) is 0 Å². The molecule has 0 aromatic carbocycles. The lowest BCUT2D eigenvalue weighted by atomic mass is 10.1. The Kier molecular flexibility index (Phi) is 3.09. The summed E-state index contributed by atoms with van der Waals surface area (Å²) >= 11 is 0. The van der Waals surface area contributed by atoms with Gasteiger partial charge in [0.2, 0.25) is 0 Å². The average Bonchev–Trinajstić information content (AvgIpc) is 3.37. The van der Waals surface area contributed by atoms with Crippen LogP contribution >= 0.6 is 0 Å². The molecule has 7 nitrogen and oxygen atoms in total. The van der Waals surface area contributed by atoms with Crippen molar-refractivity contribution in [2.24, 2.45) is 0 Å². The molecule has 0 spiro atoms. The highest BCUT2D eigenvalue weighted by atomic mass is 15.4. The molecule has 0 atom stereocenters. The van der Waals surface area contributed by atoms with E-state index in [1.54, 1.807) is 18.6 Å². The first-order valence-electron chi connectivity index (χ1n) is 8.12. The van der Waals surface area contributed by atoms with Crippen LogP contribution < -0.4 is 0 Å². The summed E-state index contributed by atoms with van der Waals surface area (Å²) in [4.78, 5) is 15.1. The molecule has 0 saturated heterocycles. The zero-order valence-corrected chi connectivity index (χ0v) is 13.3. The highest BCUT2D eigenvalue weighted by Gasteiger charge is 2.13. The Hall–Kier alpha value is -3.48. The minimum absolute atomic E-state index is 0.740. The van der Waals surface area contributed by atoms with Gasteiger partial charge in [-0.15, -0.1) is 5.10 Å². The van der Waals surface area contributed by atoms with Gasteiger partial charge in [0.25, 0.3) is 0 Å². The van der Waals surface area contributed by atoms with E-state index in [4.69, 9.17) is 0 Å². The Labute approximate surface area is 142 Å². The van der Waals surface area contributed by atoms with Gasteiger partial charge in [-0.25, -0.2) is 14.6 Å². The number of aromatic amines is 2. The molecule has 122 valence electrons. The molecule has 0 unspecified atom stereocenters. The molecular weight excluding hydrogens is 314 g/mol. The van der Waals surface area contributed by atoms with Gasteiger partial charge in [-0.05, 0) is 36.2 Å². The summed E-state index contributed by atoms with van der Waals surface area (Å²) in [5, 5.41) is 10.6. The van der Waals surface area contributed by atoms with E-state index in [-0.39, 0.29) is 0 Å². The third-order valence-electron chi connectivity index (χ3n) is 4.47. The highest BCUT2D eigenvalue weighted by Crippen LogP contribution is 2.27. The van der Waals surface area contributed by atoms with Crippen LogP contribution in [0, 0.1) is 0 Å². The van der Waals surface area contributed by atoms with Gasteiger partial charge in [-0.1, -0.05) is 5.21 Å². The van der Waals surface area contributed by atoms with Gasteiger partial charge in [-0.2, -0.15) is 0 Å². The van der Waals surface area contributed by atoms with Crippen molar-refractivity contribution in [1.29, 1.82) is 0 Å². The predicted octanol–water partition coefficient (Wildman–Crippen LogP) is 2.94. The fourth-order valence-corrected chi connectivity index (χ4v) is 3.25. The number of nitrogens with zero attached hydrogens (tertiary/aromatic N) is 5. The fraction of sp³-hybridized carbons (Fsp3) is 0.111. The molecule has 0 bridgehead atoms. The van der Waals surface area contributed by atoms with Gasteiger partial charge in [0.05, 0.1) is 11.9 Å². The summed E-state index contributed by atoms with van der Waals surface area (Å²) in [7, 11) is 0. The number of H-pyrrole nitrogens is 2. The van der Waals surface area contributed by atoms with Crippen molar-refractivity contribution in [2.75, 3.05) is 0 Å². The lowest BCUT2D eigenvalue weighted by molar-refractivity contribution is 0.596. The van der Waals surface area contributed by atoms with E-state index in [0.29, 0.717) is 0 Å². The van der Waals surface area contributed by atoms with E-state index in [0.717, 1.165) is 46.3 Å². The van der Waals surface area contributed by atoms with Crippen molar-refractivity contribution in [1.82, 2.24) is 34.9 Å². The lowest BCUT2D eigenvalue weighted by Crippen LogP contribution is -2.05. The second-order valence-electron chi connectivity index (χ2n) is 5.91. The van der Waals surface area contributed by atoms with E-state index in [2.05, 4.69) is 42.4 Å². The quantitative estimate of drug-likeness (QED) is 0.530. The molecule has 0 fully saturated rings. The van der Waals surface area contributed by atoms with Gasteiger partial charge in [-0.3, -0.25) is 0 Å². The molecule has 0 aliphatic heterocycles. The summed E-state index contributed by atoms with van der Waals surface area (Å²) in [5.74, 6) is 0. The first-order valence-corrected chi connectivity index (χ1v) is 8.12. The molecule has 0 saturated carbocycles. The van der Waals surface area contributed by atoms with Gasteiger partial charge < -0.3 is 9.97 Å². The van der Waals surface area contributed by atoms with Crippen molar-refractivity contribution < 1.29 is 0 Å². The third kappa shape index (κ3) is 2.28. The molecule has 0 radical (unpaired) electrons. The molecular formula is C18H15N7. The molecule has 0 amide bonds. The minimum Gasteiger partial charge on any atom is -0.346 e. The first kappa shape index (κ1) is 13.9. The van der Waals surface area contributed by atoms with E-state index < -0.39 is 0 Å². The molecule has 5 heterocycles. The molecule has 5 rings (SSSR count). The van der Waals surface area contributed by atoms with E-state index in [1.807, 2.05) is 29.2 Å². The Bertz CT molecular complexity index is 1160. The largest absolute Gasteiger partial charge is 0.346 e. The molecule has 2 N–H and O–H groups in total. The maximum absolute atomic E-state index is 4.35.